The molecular formula is C24H26N2O4S. The van der Waals surface area contributed by atoms with E-state index in [0.29, 0.717) is 11.4 Å². The zero-order chi connectivity index (χ0) is 22.3. The first kappa shape index (κ1) is 22.5. The summed E-state index contributed by atoms with van der Waals surface area (Å²) in [4.78, 5) is 12.9. The number of ether oxygens (including phenoxy) is 1. The molecule has 0 bridgehead atoms. The predicted octanol–water partition coefficient (Wildman–Crippen LogP) is 4.09. The van der Waals surface area contributed by atoms with Crippen LogP contribution in [0.5, 0.6) is 5.75 Å². The molecule has 1 amide bonds. The summed E-state index contributed by atoms with van der Waals surface area (Å²) in [5, 5.41) is 2.85. The van der Waals surface area contributed by atoms with Gasteiger partial charge in [-0.1, -0.05) is 55.5 Å². The molecule has 3 aromatic carbocycles. The van der Waals surface area contributed by atoms with Gasteiger partial charge >= 0.3 is 0 Å². The van der Waals surface area contributed by atoms with Crippen molar-refractivity contribution in [3.05, 3.63) is 90.0 Å². The van der Waals surface area contributed by atoms with Gasteiger partial charge in [-0.15, -0.1) is 0 Å². The smallest absolute Gasteiger partial charge is 0.243 e. The van der Waals surface area contributed by atoms with Gasteiger partial charge in [-0.3, -0.25) is 4.79 Å². The molecule has 0 aliphatic carbocycles. The van der Waals surface area contributed by atoms with Crippen molar-refractivity contribution in [1.29, 1.82) is 0 Å². The van der Waals surface area contributed by atoms with E-state index in [1.165, 1.54) is 23.5 Å². The fourth-order valence-corrected chi connectivity index (χ4v) is 4.59. The summed E-state index contributed by atoms with van der Waals surface area (Å²) in [5.41, 5.74) is 2.47. The number of hydrogen-bond donors (Lipinski definition) is 1. The SMILES string of the molecule is CCc1ccccc1NC(=O)CN(Cc1ccccc1)S(=O)(=O)c1ccc(OC)cc1. The van der Waals surface area contributed by atoms with Gasteiger partial charge in [0.15, 0.2) is 0 Å². The van der Waals surface area contributed by atoms with Gasteiger partial charge in [0.2, 0.25) is 15.9 Å². The van der Waals surface area contributed by atoms with Gasteiger partial charge in [0, 0.05) is 12.2 Å². The van der Waals surface area contributed by atoms with Crippen molar-refractivity contribution in [1.82, 2.24) is 4.31 Å². The Morgan fingerprint density at radius 1 is 0.935 bits per heavy atom. The maximum absolute atomic E-state index is 13.4. The summed E-state index contributed by atoms with van der Waals surface area (Å²) < 4.78 is 33.0. The Labute approximate surface area is 183 Å². The van der Waals surface area contributed by atoms with Crippen LogP contribution in [0.1, 0.15) is 18.1 Å². The summed E-state index contributed by atoms with van der Waals surface area (Å²) in [7, 11) is -2.39. The number of nitrogens with zero attached hydrogens (tertiary/aromatic N) is 1. The Bertz CT molecular complexity index is 1110. The highest BCUT2D eigenvalue weighted by atomic mass is 32.2. The first-order valence-corrected chi connectivity index (χ1v) is 11.4. The minimum absolute atomic E-state index is 0.0814. The van der Waals surface area contributed by atoms with E-state index in [1.54, 1.807) is 12.1 Å². The summed E-state index contributed by atoms with van der Waals surface area (Å²) in [6.07, 6.45) is 0.758. The molecule has 0 fully saturated rings. The third-order valence-corrected chi connectivity index (χ3v) is 6.70. The van der Waals surface area contributed by atoms with Crippen LogP contribution >= 0.6 is 0 Å². The molecular weight excluding hydrogens is 412 g/mol. The summed E-state index contributed by atoms with van der Waals surface area (Å²) in [5.74, 6) is 0.163. The third kappa shape index (κ3) is 5.71. The number of carbonyl (C=O) groups is 1. The van der Waals surface area contributed by atoms with Gasteiger partial charge in [-0.2, -0.15) is 4.31 Å². The number of sulfonamides is 1. The number of aryl methyl sites for hydroxylation is 1. The average molecular weight is 439 g/mol. The largest absolute Gasteiger partial charge is 0.497 e. The lowest BCUT2D eigenvalue weighted by Crippen LogP contribution is -2.37. The van der Waals surface area contributed by atoms with Crippen LogP contribution in [0.25, 0.3) is 0 Å². The van der Waals surface area contributed by atoms with E-state index in [4.69, 9.17) is 4.74 Å². The quantitative estimate of drug-likeness (QED) is 0.546. The van der Waals surface area contributed by atoms with E-state index in [-0.39, 0.29) is 18.0 Å². The highest BCUT2D eigenvalue weighted by molar-refractivity contribution is 7.89. The van der Waals surface area contributed by atoms with Crippen molar-refractivity contribution in [3.8, 4) is 5.75 Å². The molecule has 0 aromatic heterocycles. The van der Waals surface area contributed by atoms with Gasteiger partial charge in [-0.25, -0.2) is 8.42 Å². The van der Waals surface area contributed by atoms with Crippen LogP contribution in [-0.2, 0) is 27.8 Å². The Kier molecular flexibility index (Phi) is 7.44. The Morgan fingerprint density at radius 3 is 2.23 bits per heavy atom. The highest BCUT2D eigenvalue weighted by Gasteiger charge is 2.27. The minimum Gasteiger partial charge on any atom is -0.497 e. The molecule has 6 nitrogen and oxygen atoms in total. The van der Waals surface area contributed by atoms with E-state index in [0.717, 1.165) is 17.5 Å². The second-order valence-electron chi connectivity index (χ2n) is 6.99. The molecule has 0 radical (unpaired) electrons. The minimum atomic E-state index is -3.91. The molecule has 31 heavy (non-hydrogen) atoms. The normalized spacial score (nSPS) is 11.3. The molecule has 0 aliphatic heterocycles. The van der Waals surface area contributed by atoms with E-state index in [9.17, 15) is 13.2 Å². The Hall–Kier alpha value is -3.16. The number of para-hydroxylation sites is 1. The van der Waals surface area contributed by atoms with E-state index >= 15 is 0 Å². The van der Waals surface area contributed by atoms with Gasteiger partial charge in [0.05, 0.1) is 18.6 Å². The van der Waals surface area contributed by atoms with Crippen LogP contribution in [0.2, 0.25) is 0 Å². The molecule has 1 N–H and O–H groups in total. The monoisotopic (exact) mass is 438 g/mol. The number of carbonyl (C=O) groups excluding carboxylic acids is 1. The van der Waals surface area contributed by atoms with Gasteiger partial charge < -0.3 is 10.1 Å². The predicted molar refractivity (Wildman–Crippen MR) is 121 cm³/mol. The van der Waals surface area contributed by atoms with E-state index < -0.39 is 15.9 Å². The second-order valence-corrected chi connectivity index (χ2v) is 8.93. The van der Waals surface area contributed by atoms with Crippen molar-refractivity contribution in [2.75, 3.05) is 19.0 Å². The van der Waals surface area contributed by atoms with Crippen LogP contribution < -0.4 is 10.1 Å². The zero-order valence-corrected chi connectivity index (χ0v) is 18.4. The fraction of sp³-hybridized carbons (Fsp3) is 0.208. The molecule has 0 heterocycles. The van der Waals surface area contributed by atoms with Crippen LogP contribution in [-0.4, -0.2) is 32.3 Å². The first-order chi connectivity index (χ1) is 14.9. The average Bonchev–Trinajstić information content (AvgIpc) is 2.79. The number of nitrogens with one attached hydrogen (secondary N) is 1. The van der Waals surface area contributed by atoms with Crippen molar-refractivity contribution in [2.45, 2.75) is 24.8 Å². The number of amides is 1. The first-order valence-electron chi connectivity index (χ1n) is 10.00. The Morgan fingerprint density at radius 2 is 1.58 bits per heavy atom. The molecule has 0 spiro atoms. The molecule has 0 saturated carbocycles. The van der Waals surface area contributed by atoms with Crippen LogP contribution in [0.4, 0.5) is 5.69 Å². The van der Waals surface area contributed by atoms with E-state index in [2.05, 4.69) is 5.32 Å². The summed E-state index contributed by atoms with van der Waals surface area (Å²) >= 11 is 0. The van der Waals surface area contributed by atoms with E-state index in [1.807, 2.05) is 61.5 Å². The molecule has 0 atom stereocenters. The fourth-order valence-electron chi connectivity index (χ4n) is 3.21. The maximum atomic E-state index is 13.4. The number of methoxy groups -OCH3 is 1. The highest BCUT2D eigenvalue weighted by Crippen LogP contribution is 2.22. The van der Waals surface area contributed by atoms with Crippen LogP contribution in [0, 0.1) is 0 Å². The molecule has 0 aliphatic rings. The number of rotatable bonds is 9. The van der Waals surface area contributed by atoms with Gasteiger partial charge in [-0.05, 0) is 47.9 Å². The molecule has 0 unspecified atom stereocenters. The molecule has 7 heteroatoms. The van der Waals surface area contributed by atoms with Gasteiger partial charge in [0.1, 0.15) is 5.75 Å². The van der Waals surface area contributed by atoms with Crippen LogP contribution in [0.3, 0.4) is 0 Å². The number of anilines is 1. The summed E-state index contributed by atoms with van der Waals surface area (Å²) in [6, 6.07) is 22.8. The number of benzene rings is 3. The molecule has 162 valence electrons. The maximum Gasteiger partial charge on any atom is 0.243 e. The third-order valence-electron chi connectivity index (χ3n) is 4.89. The molecule has 3 rings (SSSR count). The standard InChI is InChI=1S/C24H26N2O4S/c1-3-20-11-7-8-12-23(20)25-24(27)18-26(17-19-9-5-4-6-10-19)31(28,29)22-15-13-21(30-2)14-16-22/h4-16H,3,17-18H2,1-2H3,(H,25,27). The van der Waals surface area contributed by atoms with Crippen LogP contribution in [0.15, 0.2) is 83.8 Å². The van der Waals surface area contributed by atoms with Gasteiger partial charge in [0.25, 0.3) is 0 Å². The van der Waals surface area contributed by atoms with Crippen molar-refractivity contribution >= 4 is 21.6 Å². The van der Waals surface area contributed by atoms with Crippen molar-refractivity contribution in [2.24, 2.45) is 0 Å². The zero-order valence-electron chi connectivity index (χ0n) is 17.6. The number of hydrogen-bond acceptors (Lipinski definition) is 4. The lowest BCUT2D eigenvalue weighted by molar-refractivity contribution is -0.116. The second kappa shape index (κ2) is 10.2. The topological polar surface area (TPSA) is 75.7 Å². The lowest BCUT2D eigenvalue weighted by Gasteiger charge is -2.22. The lowest BCUT2D eigenvalue weighted by atomic mass is 10.1. The van der Waals surface area contributed by atoms with Crippen molar-refractivity contribution in [3.63, 3.8) is 0 Å². The molecule has 3 aromatic rings. The summed E-state index contributed by atoms with van der Waals surface area (Å²) in [6.45, 7) is 1.78. The van der Waals surface area contributed by atoms with Crippen molar-refractivity contribution < 1.29 is 17.9 Å². The Balaban J connectivity index is 1.87. The molecule has 0 saturated heterocycles.